The van der Waals surface area contributed by atoms with Crippen LogP contribution in [0.1, 0.15) is 33.1 Å². The third kappa shape index (κ3) is 2.41. The molecule has 0 spiro atoms. The Morgan fingerprint density at radius 3 is 2.46 bits per heavy atom. The normalized spacial score (nSPS) is 28.1. The molecule has 2 aliphatic rings. The molecule has 2 atom stereocenters. The number of hydrogen-bond acceptors (Lipinski definition) is 3. The van der Waals surface area contributed by atoms with Crippen LogP contribution < -0.4 is 4.31 Å². The second-order valence-corrected chi connectivity index (χ2v) is 9.47. The molecule has 0 aromatic heterocycles. The topological polar surface area (TPSA) is 54.5 Å². The first-order valence-corrected chi connectivity index (χ1v) is 10.1. The lowest BCUT2D eigenvalue weighted by atomic mass is 9.70. The number of rotatable bonds is 6. The number of Topliss-reactive ketones (excluding diaryl/α,β-unsaturated/α-hetero) is 1. The van der Waals surface area contributed by atoms with Gasteiger partial charge in [0.2, 0.25) is 10.0 Å². The van der Waals surface area contributed by atoms with Gasteiger partial charge in [0, 0.05) is 6.42 Å². The number of ketones is 1. The maximum absolute atomic E-state index is 13.2. The van der Waals surface area contributed by atoms with Crippen molar-refractivity contribution in [2.24, 2.45) is 16.7 Å². The number of benzene rings is 1. The number of carbonyl (C=O) groups excluding carboxylic acids is 1. The van der Waals surface area contributed by atoms with Crippen LogP contribution in [0, 0.1) is 16.7 Å². The van der Waals surface area contributed by atoms with Crippen molar-refractivity contribution in [1.29, 1.82) is 0 Å². The average molecular weight is 347 g/mol. The van der Waals surface area contributed by atoms with Crippen molar-refractivity contribution >= 4 is 21.5 Å². The number of fused-ring (bicyclic) bond motifs is 2. The van der Waals surface area contributed by atoms with Crippen LogP contribution in [-0.2, 0) is 14.8 Å². The first-order valence-electron chi connectivity index (χ1n) is 8.44. The lowest BCUT2D eigenvalue weighted by molar-refractivity contribution is -0.128. The zero-order valence-corrected chi connectivity index (χ0v) is 15.2. The van der Waals surface area contributed by atoms with Gasteiger partial charge in [-0.2, -0.15) is 0 Å². The van der Waals surface area contributed by atoms with Crippen LogP contribution in [0.25, 0.3) is 0 Å². The molecule has 0 unspecified atom stereocenters. The molecule has 2 aliphatic carbocycles. The van der Waals surface area contributed by atoms with Crippen molar-refractivity contribution in [3.63, 3.8) is 0 Å². The highest BCUT2D eigenvalue weighted by Gasteiger charge is 2.65. The maximum Gasteiger partial charge on any atom is 0.236 e. The molecule has 4 nitrogen and oxygen atoms in total. The molecule has 0 amide bonds. The summed E-state index contributed by atoms with van der Waals surface area (Å²) in [6.07, 6.45) is 3.73. The molecule has 2 bridgehead atoms. The van der Waals surface area contributed by atoms with Gasteiger partial charge in [0.1, 0.15) is 5.78 Å². The molecule has 0 heterocycles. The van der Waals surface area contributed by atoms with Crippen LogP contribution in [-0.4, -0.2) is 26.5 Å². The summed E-state index contributed by atoms with van der Waals surface area (Å²) in [5.74, 6) is 0.328. The molecule has 0 N–H and O–H groups in total. The van der Waals surface area contributed by atoms with Crippen LogP contribution in [0.4, 0.5) is 5.69 Å². The maximum atomic E-state index is 13.2. The first kappa shape index (κ1) is 17.2. The summed E-state index contributed by atoms with van der Waals surface area (Å²) in [5.41, 5.74) is -0.384. The number of anilines is 1. The van der Waals surface area contributed by atoms with Crippen molar-refractivity contribution in [3.8, 4) is 0 Å². The minimum absolute atomic E-state index is 0.106. The zero-order valence-electron chi connectivity index (χ0n) is 14.4. The standard InChI is InChI=1S/C19H25NO3S/c1-4-12-20(16-8-6-5-7-9-16)24(22,23)14-19-11-10-15(13-17(19)21)18(19,2)3/h4-9,15H,1,10-14H2,2-3H3/t15-,19+/m1/s1. The Hall–Kier alpha value is -1.62. The molecule has 2 saturated carbocycles. The molecule has 130 valence electrons. The molecule has 3 rings (SSSR count). The highest BCUT2D eigenvalue weighted by Crippen LogP contribution is 2.64. The minimum atomic E-state index is -3.63. The van der Waals surface area contributed by atoms with E-state index in [9.17, 15) is 13.2 Å². The molecule has 24 heavy (non-hydrogen) atoms. The molecule has 0 radical (unpaired) electrons. The number of carbonyl (C=O) groups is 1. The predicted molar refractivity (Wildman–Crippen MR) is 96.3 cm³/mol. The largest absolute Gasteiger partial charge is 0.299 e. The highest BCUT2D eigenvalue weighted by atomic mass is 32.2. The summed E-state index contributed by atoms with van der Waals surface area (Å²) < 4.78 is 27.8. The van der Waals surface area contributed by atoms with Gasteiger partial charge in [0.05, 0.1) is 23.4 Å². The van der Waals surface area contributed by atoms with Crippen LogP contribution in [0.2, 0.25) is 0 Å². The van der Waals surface area contributed by atoms with E-state index in [1.54, 1.807) is 18.2 Å². The zero-order chi connectivity index (χ0) is 17.6. The second-order valence-electron chi connectivity index (χ2n) is 7.58. The van der Waals surface area contributed by atoms with E-state index in [1.165, 1.54) is 4.31 Å². The van der Waals surface area contributed by atoms with Crippen molar-refractivity contribution in [2.75, 3.05) is 16.6 Å². The fourth-order valence-corrected chi connectivity index (χ4v) is 6.82. The monoisotopic (exact) mass is 347 g/mol. The summed E-state index contributed by atoms with van der Waals surface area (Å²) >= 11 is 0. The SMILES string of the molecule is C=CCN(c1ccccc1)S(=O)(=O)C[C@@]12CC[C@H](CC1=O)C2(C)C. The summed E-state index contributed by atoms with van der Waals surface area (Å²) in [6.45, 7) is 8.02. The Labute approximate surface area is 144 Å². The quantitative estimate of drug-likeness (QED) is 0.741. The van der Waals surface area contributed by atoms with E-state index >= 15 is 0 Å². The van der Waals surface area contributed by atoms with Gasteiger partial charge in [-0.1, -0.05) is 38.1 Å². The molecular formula is C19H25NO3S. The Morgan fingerprint density at radius 1 is 1.29 bits per heavy atom. The lowest BCUT2D eigenvalue weighted by Gasteiger charge is -2.38. The molecular weight excluding hydrogens is 322 g/mol. The van der Waals surface area contributed by atoms with Crippen molar-refractivity contribution in [3.05, 3.63) is 43.0 Å². The number of hydrogen-bond donors (Lipinski definition) is 0. The minimum Gasteiger partial charge on any atom is -0.299 e. The Kier molecular flexibility index (Phi) is 4.11. The van der Waals surface area contributed by atoms with E-state index in [-0.39, 0.29) is 23.5 Å². The van der Waals surface area contributed by atoms with Gasteiger partial charge in [0.25, 0.3) is 0 Å². The number of sulfonamides is 1. The smallest absolute Gasteiger partial charge is 0.236 e. The van der Waals surface area contributed by atoms with Gasteiger partial charge in [0.15, 0.2) is 0 Å². The van der Waals surface area contributed by atoms with Crippen LogP contribution >= 0.6 is 0 Å². The van der Waals surface area contributed by atoms with E-state index in [0.717, 1.165) is 6.42 Å². The summed E-state index contributed by atoms with van der Waals surface area (Å²) in [7, 11) is -3.63. The fourth-order valence-electron chi connectivity index (χ4n) is 4.59. The number of nitrogens with zero attached hydrogens (tertiary/aromatic N) is 1. The van der Waals surface area contributed by atoms with Crippen LogP contribution in [0.5, 0.6) is 0 Å². The third-order valence-electron chi connectivity index (χ3n) is 6.24. The third-order valence-corrected chi connectivity index (χ3v) is 8.13. The van der Waals surface area contributed by atoms with Crippen molar-refractivity contribution in [2.45, 2.75) is 33.1 Å². The molecule has 0 aliphatic heterocycles. The van der Waals surface area contributed by atoms with Crippen LogP contribution in [0.15, 0.2) is 43.0 Å². The first-order chi connectivity index (χ1) is 11.2. The summed E-state index contributed by atoms with van der Waals surface area (Å²) in [6, 6.07) is 9.03. The average Bonchev–Trinajstić information content (AvgIpc) is 2.87. The van der Waals surface area contributed by atoms with Gasteiger partial charge < -0.3 is 0 Å². The van der Waals surface area contributed by atoms with Crippen LogP contribution in [0.3, 0.4) is 0 Å². The van der Waals surface area contributed by atoms with E-state index in [1.807, 2.05) is 18.2 Å². The van der Waals surface area contributed by atoms with E-state index in [0.29, 0.717) is 24.4 Å². The summed E-state index contributed by atoms with van der Waals surface area (Å²) in [5, 5.41) is 0. The molecule has 0 saturated heterocycles. The van der Waals surface area contributed by atoms with E-state index < -0.39 is 15.4 Å². The predicted octanol–water partition coefficient (Wildman–Crippen LogP) is 3.40. The fraction of sp³-hybridized carbons (Fsp3) is 0.526. The van der Waals surface area contributed by atoms with Gasteiger partial charge in [-0.05, 0) is 36.3 Å². The number of para-hydroxylation sites is 1. The molecule has 5 heteroatoms. The highest BCUT2D eigenvalue weighted by molar-refractivity contribution is 7.92. The lowest BCUT2D eigenvalue weighted by Crippen LogP contribution is -2.46. The molecule has 1 aromatic carbocycles. The van der Waals surface area contributed by atoms with E-state index in [2.05, 4.69) is 20.4 Å². The van der Waals surface area contributed by atoms with Gasteiger partial charge in [-0.15, -0.1) is 6.58 Å². The Balaban J connectivity index is 1.98. The van der Waals surface area contributed by atoms with Crippen molar-refractivity contribution in [1.82, 2.24) is 0 Å². The molecule has 1 aromatic rings. The van der Waals surface area contributed by atoms with Gasteiger partial charge >= 0.3 is 0 Å². The second kappa shape index (κ2) is 5.73. The summed E-state index contributed by atoms with van der Waals surface area (Å²) in [4.78, 5) is 12.7. The van der Waals surface area contributed by atoms with Gasteiger partial charge in [-0.3, -0.25) is 9.10 Å². The Morgan fingerprint density at radius 2 is 1.96 bits per heavy atom. The Bertz CT molecular complexity index is 754. The van der Waals surface area contributed by atoms with E-state index in [4.69, 9.17) is 0 Å². The molecule has 2 fully saturated rings. The van der Waals surface area contributed by atoms with Crippen molar-refractivity contribution < 1.29 is 13.2 Å². The van der Waals surface area contributed by atoms with Gasteiger partial charge in [-0.25, -0.2) is 8.42 Å².